The van der Waals surface area contributed by atoms with Crippen LogP contribution in [0.1, 0.15) is 78.6 Å². The second kappa shape index (κ2) is 15.3. The second-order valence-electron chi connectivity index (χ2n) is 14.9. The van der Waals surface area contributed by atoms with Gasteiger partial charge in [0.1, 0.15) is 23.5 Å². The third kappa shape index (κ3) is 8.90. The first-order valence-electron chi connectivity index (χ1n) is 17.0. The summed E-state index contributed by atoms with van der Waals surface area (Å²) in [7, 11) is 3.44. The van der Waals surface area contributed by atoms with E-state index in [2.05, 4.69) is 38.8 Å². The molecule has 2 amide bonds. The zero-order valence-electron chi connectivity index (χ0n) is 30.3. The number of hydrogen-bond acceptors (Lipinski definition) is 10. The number of anilines is 1. The number of hydrogen-bond donors (Lipinski definition) is 0. The molecule has 0 radical (unpaired) electrons. The van der Waals surface area contributed by atoms with E-state index in [0.717, 1.165) is 39.0 Å². The third-order valence-electron chi connectivity index (χ3n) is 9.25. The van der Waals surface area contributed by atoms with Crippen LogP contribution in [0.5, 0.6) is 11.6 Å². The first-order valence-corrected chi connectivity index (χ1v) is 17.0. The van der Waals surface area contributed by atoms with Gasteiger partial charge in [-0.25, -0.2) is 14.2 Å². The van der Waals surface area contributed by atoms with Gasteiger partial charge in [0.2, 0.25) is 0 Å². The molecule has 2 atom stereocenters. The molecule has 266 valence electrons. The van der Waals surface area contributed by atoms with E-state index in [9.17, 15) is 14.0 Å². The van der Waals surface area contributed by atoms with E-state index < -0.39 is 11.4 Å². The number of aromatic nitrogens is 3. The van der Waals surface area contributed by atoms with Crippen molar-refractivity contribution in [2.24, 2.45) is 11.3 Å². The molecule has 2 aromatic rings. The molecule has 0 aliphatic carbocycles. The summed E-state index contributed by atoms with van der Waals surface area (Å²) in [6, 6.07) is 4.14. The topological polar surface area (TPSA) is 113 Å². The van der Waals surface area contributed by atoms with Crippen LogP contribution in [-0.4, -0.2) is 119 Å². The minimum absolute atomic E-state index is 0.0653. The molecule has 4 rings (SSSR count). The van der Waals surface area contributed by atoms with Gasteiger partial charge in [-0.3, -0.25) is 9.69 Å². The fourth-order valence-corrected chi connectivity index (χ4v) is 6.80. The first kappa shape index (κ1) is 37.2. The summed E-state index contributed by atoms with van der Waals surface area (Å²) in [6.07, 6.45) is 2.67. The van der Waals surface area contributed by atoms with Crippen molar-refractivity contribution < 1.29 is 28.2 Å². The van der Waals surface area contributed by atoms with Crippen LogP contribution in [-0.2, 0) is 9.47 Å². The molecule has 3 heterocycles. The fraction of sp³-hybridized carbons (Fsp3) is 0.686. The maximum absolute atomic E-state index is 14.3. The van der Waals surface area contributed by atoms with E-state index in [1.807, 2.05) is 41.5 Å². The molecule has 12 nitrogen and oxygen atoms in total. The quantitative estimate of drug-likeness (QED) is 0.271. The van der Waals surface area contributed by atoms with Crippen molar-refractivity contribution in [1.82, 2.24) is 29.9 Å². The zero-order valence-corrected chi connectivity index (χ0v) is 30.3. The summed E-state index contributed by atoms with van der Waals surface area (Å²) in [4.78, 5) is 38.4. The van der Waals surface area contributed by atoms with Crippen molar-refractivity contribution in [3.05, 3.63) is 35.9 Å². The number of carbonyl (C=O) groups excluding carboxylic acids is 2. The molecule has 1 spiro atoms. The smallest absolute Gasteiger partial charge is 0.410 e. The summed E-state index contributed by atoms with van der Waals surface area (Å²) >= 11 is 0. The molecule has 0 bridgehead atoms. The Morgan fingerprint density at radius 1 is 1.12 bits per heavy atom. The summed E-state index contributed by atoms with van der Waals surface area (Å²) in [5, 5.41) is 8.20. The van der Waals surface area contributed by atoms with Crippen LogP contribution in [0.4, 0.5) is 15.0 Å². The van der Waals surface area contributed by atoms with E-state index in [1.165, 1.54) is 24.5 Å². The highest BCUT2D eigenvalue weighted by Crippen LogP contribution is 2.44. The van der Waals surface area contributed by atoms with E-state index >= 15 is 0 Å². The molecule has 0 N–H and O–H groups in total. The van der Waals surface area contributed by atoms with Gasteiger partial charge in [0.25, 0.3) is 11.8 Å². The molecular formula is C35H54FN7O5. The summed E-state index contributed by atoms with van der Waals surface area (Å²) in [5.41, 5.74) is -0.348. The Bertz CT molecular complexity index is 1410. The van der Waals surface area contributed by atoms with Crippen molar-refractivity contribution in [2.75, 3.05) is 58.3 Å². The molecule has 2 aliphatic rings. The van der Waals surface area contributed by atoms with Crippen molar-refractivity contribution >= 4 is 17.8 Å². The Balaban J connectivity index is 1.43. The largest absolute Gasteiger partial charge is 0.444 e. The average molecular weight is 672 g/mol. The van der Waals surface area contributed by atoms with Crippen molar-refractivity contribution in [3.8, 4) is 11.6 Å². The number of halogens is 1. The van der Waals surface area contributed by atoms with Gasteiger partial charge >= 0.3 is 6.09 Å². The van der Waals surface area contributed by atoms with E-state index in [0.29, 0.717) is 24.8 Å². The molecule has 1 aromatic carbocycles. The minimum atomic E-state index is -0.558. The van der Waals surface area contributed by atoms with Gasteiger partial charge in [0, 0.05) is 70.9 Å². The molecule has 2 aliphatic heterocycles. The van der Waals surface area contributed by atoms with Gasteiger partial charge in [-0.05, 0) is 78.5 Å². The van der Waals surface area contributed by atoms with Crippen LogP contribution in [0.3, 0.4) is 0 Å². The highest BCUT2D eigenvalue weighted by molar-refractivity contribution is 5.97. The Kier molecular flexibility index (Phi) is 11.9. The number of methoxy groups -OCH3 is 1. The van der Waals surface area contributed by atoms with E-state index in [1.54, 1.807) is 24.0 Å². The zero-order chi connectivity index (χ0) is 35.4. The predicted octanol–water partition coefficient (Wildman–Crippen LogP) is 5.48. The number of nitrogens with zero attached hydrogens (tertiary/aromatic N) is 7. The predicted molar refractivity (Wildman–Crippen MR) is 182 cm³/mol. The number of rotatable bonds is 13. The van der Waals surface area contributed by atoms with Crippen molar-refractivity contribution in [3.63, 3.8) is 0 Å². The fourth-order valence-electron chi connectivity index (χ4n) is 6.80. The van der Waals surface area contributed by atoms with Gasteiger partial charge in [-0.1, -0.05) is 13.8 Å². The van der Waals surface area contributed by atoms with E-state index in [-0.39, 0.29) is 52.8 Å². The maximum Gasteiger partial charge on any atom is 0.410 e. The molecule has 48 heavy (non-hydrogen) atoms. The summed E-state index contributed by atoms with van der Waals surface area (Å²) in [5.74, 6) is 0.480. The molecule has 13 heteroatoms. The highest BCUT2D eigenvalue weighted by Gasteiger charge is 2.50. The normalized spacial score (nSPS) is 17.4. The van der Waals surface area contributed by atoms with Crippen molar-refractivity contribution in [2.45, 2.75) is 92.0 Å². The average Bonchev–Trinajstić information content (AvgIpc) is 3.44. The van der Waals surface area contributed by atoms with E-state index in [4.69, 9.17) is 14.2 Å². The molecule has 0 saturated carbocycles. The Labute approximate surface area is 284 Å². The summed E-state index contributed by atoms with van der Waals surface area (Å²) in [6.45, 7) is 20.1. The number of amides is 2. The number of carbonyl (C=O) groups is 2. The van der Waals surface area contributed by atoms with Crippen LogP contribution in [0.25, 0.3) is 0 Å². The number of benzene rings is 1. The lowest BCUT2D eigenvalue weighted by Gasteiger charge is -2.53. The highest BCUT2D eigenvalue weighted by atomic mass is 19.1. The van der Waals surface area contributed by atoms with Gasteiger partial charge < -0.3 is 28.9 Å². The van der Waals surface area contributed by atoms with Crippen LogP contribution in [0.15, 0.2) is 24.5 Å². The molecule has 2 fully saturated rings. The minimum Gasteiger partial charge on any atom is -0.444 e. The lowest BCUT2D eigenvalue weighted by atomic mass is 9.76. The van der Waals surface area contributed by atoms with Crippen molar-refractivity contribution in [1.29, 1.82) is 0 Å². The lowest BCUT2D eigenvalue weighted by molar-refractivity contribution is -0.0543. The van der Waals surface area contributed by atoms with Gasteiger partial charge in [0.15, 0.2) is 5.82 Å². The van der Waals surface area contributed by atoms with Crippen LogP contribution in [0.2, 0.25) is 0 Å². The Morgan fingerprint density at radius 2 is 1.83 bits per heavy atom. The Hall–Kier alpha value is -3.58. The van der Waals surface area contributed by atoms with Crippen LogP contribution in [0, 0.1) is 17.2 Å². The monoisotopic (exact) mass is 671 g/mol. The first-order chi connectivity index (χ1) is 22.6. The van der Waals surface area contributed by atoms with Gasteiger partial charge in [-0.2, -0.15) is 0 Å². The Morgan fingerprint density at radius 3 is 2.44 bits per heavy atom. The number of likely N-dealkylation sites (tertiary alicyclic amines) is 1. The van der Waals surface area contributed by atoms with Crippen LogP contribution >= 0.6 is 0 Å². The van der Waals surface area contributed by atoms with Gasteiger partial charge in [0.05, 0.1) is 11.7 Å². The molecule has 2 saturated heterocycles. The van der Waals surface area contributed by atoms with Crippen LogP contribution < -0.4 is 9.64 Å². The standard InChI is InChI=1S/C35H54FN7O5/c1-11-43(24(4)5)32(44)27-16-25(36)12-13-29(27)47-31-30(37-22-38-39-31)41-15-14-35(19-41)20-42(21-35)28(23(2)3)17-26(46-10)18-40(9)33(45)48-34(6,7)8/h12-13,16,22-24,26,28H,11,14-15,17-21H2,1-10H3/t26-,28+/m0/s1. The molecular weight excluding hydrogens is 617 g/mol. The second-order valence-corrected chi connectivity index (χ2v) is 14.9. The summed E-state index contributed by atoms with van der Waals surface area (Å²) < 4.78 is 31.9. The number of likely N-dealkylation sites (N-methyl/N-ethyl adjacent to an activating group) is 1. The lowest BCUT2D eigenvalue weighted by Crippen LogP contribution is -2.62. The maximum atomic E-state index is 14.3. The number of ether oxygens (including phenoxy) is 3. The van der Waals surface area contributed by atoms with Gasteiger partial charge in [-0.15, -0.1) is 10.2 Å². The molecule has 1 aromatic heterocycles. The SMILES string of the molecule is CCN(C(=O)c1cc(F)ccc1Oc1nncnc1N1CCC2(C1)CN([C@H](C[C@@H](CN(C)C(=O)OC(C)(C)C)OC)C(C)C)C2)C(C)C. The molecule has 0 unspecified atom stereocenters. The third-order valence-corrected chi connectivity index (χ3v) is 9.25.